The van der Waals surface area contributed by atoms with Gasteiger partial charge in [-0.2, -0.15) is 23.3 Å². The summed E-state index contributed by atoms with van der Waals surface area (Å²) in [5.41, 5.74) is -2.99. The van der Waals surface area contributed by atoms with Crippen LogP contribution in [-0.2, 0) is 0 Å². The minimum absolute atomic E-state index is 0.0325. The molecule has 1 amide bonds. The SMILES string of the molecule is O=C(c1cccc(Br)c1)N1N=C2CCCC[C@H]2[C@@]1(O)C(F)(F)F. The van der Waals surface area contributed by atoms with Crippen molar-refractivity contribution in [2.45, 2.75) is 37.6 Å². The van der Waals surface area contributed by atoms with Crippen LogP contribution >= 0.6 is 15.9 Å². The fraction of sp³-hybridized carbons (Fsp3) is 0.467. The molecule has 0 unspecified atom stereocenters. The maximum absolute atomic E-state index is 13.6. The van der Waals surface area contributed by atoms with Crippen molar-refractivity contribution in [1.29, 1.82) is 0 Å². The van der Waals surface area contributed by atoms with Gasteiger partial charge in [0.15, 0.2) is 0 Å². The third kappa shape index (κ3) is 2.57. The van der Waals surface area contributed by atoms with E-state index in [4.69, 9.17) is 0 Å². The van der Waals surface area contributed by atoms with Crippen molar-refractivity contribution in [3.05, 3.63) is 34.3 Å². The fourth-order valence-electron chi connectivity index (χ4n) is 3.16. The second-order valence-corrected chi connectivity index (χ2v) is 6.66. The molecule has 1 fully saturated rings. The molecule has 1 aromatic rings. The number of carbonyl (C=O) groups is 1. The summed E-state index contributed by atoms with van der Waals surface area (Å²) in [5, 5.41) is 14.5. The third-order valence-corrected chi connectivity index (χ3v) is 4.79. The lowest BCUT2D eigenvalue weighted by Crippen LogP contribution is -2.61. The molecule has 4 nitrogen and oxygen atoms in total. The number of carbonyl (C=O) groups excluding carboxylic acids is 1. The minimum atomic E-state index is -4.98. The standard InChI is InChI=1S/C15H14BrF3N2O2/c16-10-5-3-4-9(8-10)13(22)21-14(23,15(17,18)19)11-6-1-2-7-12(11)20-21/h3-5,8,11,23H,1-2,6-7H2/t11-,14-/m1/s1. The summed E-state index contributed by atoms with van der Waals surface area (Å²) in [7, 11) is 0. The van der Waals surface area contributed by atoms with Crippen LogP contribution in [0.1, 0.15) is 36.0 Å². The number of hydrogen-bond acceptors (Lipinski definition) is 3. The summed E-state index contributed by atoms with van der Waals surface area (Å²) in [6, 6.07) is 6.00. The van der Waals surface area contributed by atoms with E-state index in [0.717, 1.165) is 0 Å². The van der Waals surface area contributed by atoms with Gasteiger partial charge < -0.3 is 5.11 Å². The zero-order valence-electron chi connectivity index (χ0n) is 12.0. The lowest BCUT2D eigenvalue weighted by atomic mass is 9.80. The number of hydrogen-bond donors (Lipinski definition) is 1. The van der Waals surface area contributed by atoms with Crippen molar-refractivity contribution < 1.29 is 23.1 Å². The van der Waals surface area contributed by atoms with Crippen molar-refractivity contribution in [2.75, 3.05) is 0 Å². The first kappa shape index (κ1) is 16.4. The molecule has 124 valence electrons. The molecule has 0 aromatic heterocycles. The van der Waals surface area contributed by atoms with Gasteiger partial charge in [0, 0.05) is 15.7 Å². The molecular formula is C15H14BrF3N2O2. The van der Waals surface area contributed by atoms with Crippen molar-refractivity contribution in [3.8, 4) is 0 Å². The average Bonchev–Trinajstić information content (AvgIpc) is 2.81. The van der Waals surface area contributed by atoms with Gasteiger partial charge in [-0.05, 0) is 37.5 Å². The van der Waals surface area contributed by atoms with Crippen molar-refractivity contribution in [2.24, 2.45) is 11.0 Å². The number of benzene rings is 1. The van der Waals surface area contributed by atoms with E-state index in [1.54, 1.807) is 12.1 Å². The lowest BCUT2D eigenvalue weighted by molar-refractivity contribution is -0.312. The maximum atomic E-state index is 13.6. The van der Waals surface area contributed by atoms with Crippen LogP contribution < -0.4 is 0 Å². The number of hydrazone groups is 1. The van der Waals surface area contributed by atoms with Gasteiger partial charge >= 0.3 is 6.18 Å². The Hall–Kier alpha value is -1.41. The second kappa shape index (κ2) is 5.59. The highest BCUT2D eigenvalue weighted by Gasteiger charge is 2.68. The molecule has 8 heteroatoms. The number of fused-ring (bicyclic) bond motifs is 1. The summed E-state index contributed by atoms with van der Waals surface area (Å²) in [6.07, 6.45) is -3.17. The molecule has 1 aliphatic heterocycles. The lowest BCUT2D eigenvalue weighted by Gasteiger charge is -2.38. The molecule has 0 spiro atoms. The first-order valence-corrected chi connectivity index (χ1v) is 8.01. The van der Waals surface area contributed by atoms with Crippen LogP contribution in [-0.4, -0.2) is 33.6 Å². The van der Waals surface area contributed by atoms with Gasteiger partial charge in [0.25, 0.3) is 11.6 Å². The van der Waals surface area contributed by atoms with Crippen LogP contribution in [0.2, 0.25) is 0 Å². The topological polar surface area (TPSA) is 52.9 Å². The van der Waals surface area contributed by atoms with Crippen molar-refractivity contribution in [3.63, 3.8) is 0 Å². The van der Waals surface area contributed by atoms with E-state index in [9.17, 15) is 23.1 Å². The Bertz CT molecular complexity index is 677. The zero-order valence-corrected chi connectivity index (χ0v) is 13.6. The maximum Gasteiger partial charge on any atom is 0.439 e. The summed E-state index contributed by atoms with van der Waals surface area (Å²) in [4.78, 5) is 12.5. The normalized spacial score (nSPS) is 27.6. The molecule has 1 aliphatic carbocycles. The fourth-order valence-corrected chi connectivity index (χ4v) is 3.56. The number of aliphatic hydroxyl groups is 1. The summed E-state index contributed by atoms with van der Waals surface area (Å²) < 4.78 is 41.3. The Morgan fingerprint density at radius 2 is 2.13 bits per heavy atom. The molecule has 0 saturated heterocycles. The third-order valence-electron chi connectivity index (χ3n) is 4.30. The number of rotatable bonds is 1. The highest BCUT2D eigenvalue weighted by atomic mass is 79.9. The Balaban J connectivity index is 2.05. The van der Waals surface area contributed by atoms with Gasteiger partial charge in [-0.1, -0.05) is 28.4 Å². The van der Waals surface area contributed by atoms with Gasteiger partial charge in [-0.15, -0.1) is 0 Å². The molecule has 1 saturated carbocycles. The Kier molecular flexibility index (Phi) is 4.00. The Morgan fingerprint density at radius 1 is 1.39 bits per heavy atom. The number of halogens is 4. The zero-order chi connectivity index (χ0) is 16.8. The van der Waals surface area contributed by atoms with E-state index in [1.165, 1.54) is 12.1 Å². The first-order valence-electron chi connectivity index (χ1n) is 7.21. The first-order chi connectivity index (χ1) is 10.7. The largest absolute Gasteiger partial charge is 0.439 e. The predicted molar refractivity (Wildman–Crippen MR) is 80.7 cm³/mol. The van der Waals surface area contributed by atoms with Crippen LogP contribution in [0.4, 0.5) is 13.2 Å². The molecule has 23 heavy (non-hydrogen) atoms. The molecule has 2 aliphatic rings. The van der Waals surface area contributed by atoms with Crippen LogP contribution in [0.15, 0.2) is 33.8 Å². The van der Waals surface area contributed by atoms with Crippen LogP contribution in [0.5, 0.6) is 0 Å². The van der Waals surface area contributed by atoms with Gasteiger partial charge in [-0.3, -0.25) is 4.79 Å². The molecular weight excluding hydrogens is 377 g/mol. The predicted octanol–water partition coefficient (Wildman–Crippen LogP) is 3.70. The summed E-state index contributed by atoms with van der Waals surface area (Å²) in [5.74, 6) is -2.15. The van der Waals surface area contributed by atoms with Crippen LogP contribution in [0.25, 0.3) is 0 Å². The Morgan fingerprint density at radius 3 is 2.78 bits per heavy atom. The number of alkyl halides is 3. The number of nitrogens with zero attached hydrogens (tertiary/aromatic N) is 2. The molecule has 3 rings (SSSR count). The van der Waals surface area contributed by atoms with Crippen molar-refractivity contribution in [1.82, 2.24) is 5.01 Å². The molecule has 1 heterocycles. The monoisotopic (exact) mass is 390 g/mol. The molecule has 0 bridgehead atoms. The molecule has 1 aromatic carbocycles. The summed E-state index contributed by atoms with van der Waals surface area (Å²) in [6.45, 7) is 0. The highest BCUT2D eigenvalue weighted by molar-refractivity contribution is 9.10. The second-order valence-electron chi connectivity index (χ2n) is 5.74. The average molecular weight is 391 g/mol. The van der Waals surface area contributed by atoms with E-state index >= 15 is 0 Å². The van der Waals surface area contributed by atoms with E-state index in [-0.39, 0.29) is 22.7 Å². The van der Waals surface area contributed by atoms with E-state index in [2.05, 4.69) is 21.0 Å². The quantitative estimate of drug-likeness (QED) is 0.794. The highest BCUT2D eigenvalue weighted by Crippen LogP contribution is 2.48. The number of amides is 1. The molecule has 0 radical (unpaired) electrons. The van der Waals surface area contributed by atoms with E-state index in [1.807, 2.05) is 0 Å². The van der Waals surface area contributed by atoms with E-state index in [0.29, 0.717) is 23.7 Å². The van der Waals surface area contributed by atoms with Gasteiger partial charge in [0.1, 0.15) is 0 Å². The van der Waals surface area contributed by atoms with Crippen molar-refractivity contribution >= 4 is 27.5 Å². The minimum Gasteiger partial charge on any atom is -0.362 e. The van der Waals surface area contributed by atoms with Crippen LogP contribution in [0, 0.1) is 5.92 Å². The van der Waals surface area contributed by atoms with Gasteiger partial charge in [-0.25, -0.2) is 0 Å². The Labute approximate surface area is 139 Å². The van der Waals surface area contributed by atoms with Gasteiger partial charge in [0.05, 0.1) is 5.92 Å². The smallest absolute Gasteiger partial charge is 0.362 e. The van der Waals surface area contributed by atoms with E-state index < -0.39 is 23.7 Å². The molecule has 1 N–H and O–H groups in total. The summed E-state index contributed by atoms with van der Waals surface area (Å²) >= 11 is 3.18. The molecule has 2 atom stereocenters. The van der Waals surface area contributed by atoms with Crippen LogP contribution in [0.3, 0.4) is 0 Å². The van der Waals surface area contributed by atoms with Gasteiger partial charge in [0.2, 0.25) is 0 Å².